The predicted molar refractivity (Wildman–Crippen MR) is 114 cm³/mol. The summed E-state index contributed by atoms with van der Waals surface area (Å²) in [6.45, 7) is 4.05. The molecule has 0 spiro atoms. The summed E-state index contributed by atoms with van der Waals surface area (Å²) in [7, 11) is 1.74. The van der Waals surface area contributed by atoms with Crippen molar-refractivity contribution in [3.8, 4) is 11.5 Å². The van der Waals surface area contributed by atoms with E-state index in [-0.39, 0.29) is 5.91 Å². The van der Waals surface area contributed by atoms with Crippen molar-refractivity contribution >= 4 is 16.1 Å². The number of nitrogens with zero attached hydrogens (tertiary/aromatic N) is 4. The lowest BCUT2D eigenvalue weighted by atomic mass is 10.1. The first-order valence-electron chi connectivity index (χ1n) is 10.3. The molecule has 2 aliphatic heterocycles. The third kappa shape index (κ3) is 5.42. The van der Waals surface area contributed by atoms with Crippen molar-refractivity contribution in [2.24, 2.45) is 0 Å². The highest BCUT2D eigenvalue weighted by molar-refractivity contribution is 7.86. The Morgan fingerprint density at radius 3 is 1.87 bits per heavy atom. The normalized spacial score (nSPS) is 19.6. The maximum absolute atomic E-state index is 12.9. The Bertz CT molecular complexity index is 809. The van der Waals surface area contributed by atoms with E-state index in [1.807, 2.05) is 19.2 Å². The molecule has 0 N–H and O–H groups in total. The molecule has 1 amide bonds. The van der Waals surface area contributed by atoms with Crippen LogP contribution in [0.4, 0.5) is 0 Å². The summed E-state index contributed by atoms with van der Waals surface area (Å²) in [6.07, 6.45) is 0.938. The van der Waals surface area contributed by atoms with E-state index in [1.54, 1.807) is 29.5 Å². The zero-order valence-corrected chi connectivity index (χ0v) is 18.9. The minimum absolute atomic E-state index is 0.0356. The molecule has 0 atom stereocenters. The maximum Gasteiger partial charge on any atom is 0.282 e. The molecule has 0 radical (unpaired) electrons. The van der Waals surface area contributed by atoms with Crippen LogP contribution in [-0.2, 0) is 21.4 Å². The van der Waals surface area contributed by atoms with Crippen molar-refractivity contribution in [1.29, 1.82) is 0 Å². The first kappa shape index (κ1) is 22.8. The third-order valence-corrected chi connectivity index (χ3v) is 7.78. The van der Waals surface area contributed by atoms with Gasteiger partial charge in [0.1, 0.15) is 11.5 Å². The molecule has 0 saturated carbocycles. The summed E-state index contributed by atoms with van der Waals surface area (Å²) in [5.74, 6) is 1.42. The molecule has 0 aromatic heterocycles. The molecule has 10 heteroatoms. The van der Waals surface area contributed by atoms with E-state index >= 15 is 0 Å². The Morgan fingerprint density at radius 2 is 1.37 bits per heavy atom. The molecule has 1 aromatic rings. The Hall–Kier alpha value is -1.88. The van der Waals surface area contributed by atoms with Crippen LogP contribution in [0.15, 0.2) is 18.2 Å². The molecule has 3 rings (SSSR count). The number of hydrogen-bond acceptors (Lipinski definition) is 6. The first-order chi connectivity index (χ1) is 14.3. The number of amides is 1. The molecule has 168 valence electrons. The van der Waals surface area contributed by atoms with Crippen LogP contribution in [0.1, 0.15) is 12.0 Å². The number of carbonyl (C=O) groups is 1. The van der Waals surface area contributed by atoms with Gasteiger partial charge in [0.05, 0.1) is 14.2 Å². The fraction of sp³-hybridized carbons (Fsp3) is 0.650. The van der Waals surface area contributed by atoms with Crippen molar-refractivity contribution in [2.45, 2.75) is 12.8 Å². The standard InChI is InChI=1S/C20H32N4O5S/c1-21-6-10-23(11-7-21)30(26,27)24-12-8-22(9-13-24)20(25)5-4-17-14-18(28-2)16-19(15-17)29-3/h14-16H,4-13H2,1-3H3. The Balaban J connectivity index is 1.51. The number of benzene rings is 1. The van der Waals surface area contributed by atoms with Gasteiger partial charge >= 0.3 is 0 Å². The summed E-state index contributed by atoms with van der Waals surface area (Å²) in [6, 6.07) is 5.60. The molecule has 2 aliphatic rings. The van der Waals surface area contributed by atoms with Gasteiger partial charge in [-0.15, -0.1) is 0 Å². The topological polar surface area (TPSA) is 82.6 Å². The van der Waals surface area contributed by atoms with E-state index in [4.69, 9.17) is 9.47 Å². The van der Waals surface area contributed by atoms with Crippen LogP contribution < -0.4 is 9.47 Å². The van der Waals surface area contributed by atoms with Gasteiger partial charge in [-0.2, -0.15) is 17.0 Å². The average Bonchev–Trinajstić information content (AvgIpc) is 2.77. The Morgan fingerprint density at radius 1 is 0.867 bits per heavy atom. The minimum Gasteiger partial charge on any atom is -0.497 e. The highest BCUT2D eigenvalue weighted by Gasteiger charge is 2.34. The van der Waals surface area contributed by atoms with Crippen LogP contribution in [0.2, 0.25) is 0 Å². The Labute approximate surface area is 179 Å². The number of carbonyl (C=O) groups excluding carboxylic acids is 1. The molecular weight excluding hydrogens is 408 g/mol. The largest absolute Gasteiger partial charge is 0.497 e. The molecule has 9 nitrogen and oxygen atoms in total. The fourth-order valence-electron chi connectivity index (χ4n) is 3.77. The van der Waals surface area contributed by atoms with Crippen LogP contribution in [-0.4, -0.2) is 106 Å². The molecular formula is C20H32N4O5S. The maximum atomic E-state index is 12.9. The van der Waals surface area contributed by atoms with E-state index < -0.39 is 10.2 Å². The zero-order valence-electron chi connectivity index (χ0n) is 18.0. The highest BCUT2D eigenvalue weighted by Crippen LogP contribution is 2.23. The van der Waals surface area contributed by atoms with Gasteiger partial charge in [-0.25, -0.2) is 0 Å². The second-order valence-corrected chi connectivity index (χ2v) is 9.64. The van der Waals surface area contributed by atoms with Gasteiger partial charge in [-0.05, 0) is 31.2 Å². The summed E-state index contributed by atoms with van der Waals surface area (Å²) in [4.78, 5) is 16.5. The molecule has 30 heavy (non-hydrogen) atoms. The number of piperazine rings is 2. The van der Waals surface area contributed by atoms with Crippen molar-refractivity contribution < 1.29 is 22.7 Å². The minimum atomic E-state index is -3.45. The number of hydrogen-bond donors (Lipinski definition) is 0. The smallest absolute Gasteiger partial charge is 0.282 e. The monoisotopic (exact) mass is 440 g/mol. The molecule has 0 bridgehead atoms. The van der Waals surface area contributed by atoms with Crippen molar-refractivity contribution in [2.75, 3.05) is 73.6 Å². The van der Waals surface area contributed by atoms with Crippen LogP contribution in [0.3, 0.4) is 0 Å². The number of likely N-dealkylation sites (N-methyl/N-ethyl adjacent to an activating group) is 1. The van der Waals surface area contributed by atoms with Crippen LogP contribution >= 0.6 is 0 Å². The lowest BCUT2D eigenvalue weighted by molar-refractivity contribution is -0.132. The van der Waals surface area contributed by atoms with Crippen LogP contribution in [0.25, 0.3) is 0 Å². The van der Waals surface area contributed by atoms with E-state index in [9.17, 15) is 13.2 Å². The lowest BCUT2D eigenvalue weighted by Crippen LogP contribution is -2.57. The van der Waals surface area contributed by atoms with Crippen LogP contribution in [0.5, 0.6) is 11.5 Å². The third-order valence-electron chi connectivity index (χ3n) is 5.74. The van der Waals surface area contributed by atoms with Gasteiger partial charge < -0.3 is 19.3 Å². The summed E-state index contributed by atoms with van der Waals surface area (Å²) >= 11 is 0. The summed E-state index contributed by atoms with van der Waals surface area (Å²) in [5, 5.41) is 0. The van der Waals surface area contributed by atoms with Crippen molar-refractivity contribution in [3.63, 3.8) is 0 Å². The fourth-order valence-corrected chi connectivity index (χ4v) is 5.35. The van der Waals surface area contributed by atoms with Gasteiger partial charge in [0, 0.05) is 64.8 Å². The van der Waals surface area contributed by atoms with Gasteiger partial charge in [-0.1, -0.05) is 0 Å². The average molecular weight is 441 g/mol. The van der Waals surface area contributed by atoms with E-state index in [0.29, 0.717) is 63.6 Å². The molecule has 0 unspecified atom stereocenters. The molecule has 0 aliphatic carbocycles. The number of rotatable bonds is 7. The number of aryl methyl sites for hydroxylation is 1. The quantitative estimate of drug-likeness (QED) is 0.606. The second-order valence-electron chi connectivity index (χ2n) is 7.71. The number of methoxy groups -OCH3 is 2. The number of ether oxygens (including phenoxy) is 2. The Kier molecular flexibility index (Phi) is 7.56. The van der Waals surface area contributed by atoms with Gasteiger partial charge in [-0.3, -0.25) is 4.79 Å². The molecule has 2 heterocycles. The predicted octanol–water partition coefficient (Wildman–Crippen LogP) is 0.273. The molecule has 2 fully saturated rings. The van der Waals surface area contributed by atoms with E-state index in [1.165, 1.54) is 4.31 Å². The lowest BCUT2D eigenvalue weighted by Gasteiger charge is -2.39. The second kappa shape index (κ2) is 9.95. The summed E-state index contributed by atoms with van der Waals surface area (Å²) in [5.41, 5.74) is 0.968. The molecule has 1 aromatic carbocycles. The van der Waals surface area contributed by atoms with Crippen molar-refractivity contribution in [3.05, 3.63) is 23.8 Å². The van der Waals surface area contributed by atoms with E-state index in [0.717, 1.165) is 18.7 Å². The summed E-state index contributed by atoms with van der Waals surface area (Å²) < 4.78 is 39.3. The SMILES string of the molecule is COc1cc(CCC(=O)N2CCN(S(=O)(=O)N3CCN(C)CC3)CC2)cc(OC)c1. The molecule has 2 saturated heterocycles. The zero-order chi connectivity index (χ0) is 21.7. The van der Waals surface area contributed by atoms with Gasteiger partial charge in [0.2, 0.25) is 5.91 Å². The highest BCUT2D eigenvalue weighted by atomic mass is 32.2. The first-order valence-corrected chi connectivity index (χ1v) is 11.7. The van der Waals surface area contributed by atoms with Gasteiger partial charge in [0.15, 0.2) is 0 Å². The van der Waals surface area contributed by atoms with Gasteiger partial charge in [0.25, 0.3) is 10.2 Å². The van der Waals surface area contributed by atoms with Crippen molar-refractivity contribution in [1.82, 2.24) is 18.4 Å². The van der Waals surface area contributed by atoms with E-state index in [2.05, 4.69) is 4.90 Å². The van der Waals surface area contributed by atoms with Crippen LogP contribution in [0, 0.1) is 0 Å².